The fraction of sp³-hybridized carbons (Fsp3) is 0.350. The van der Waals surface area contributed by atoms with Crippen molar-refractivity contribution in [2.75, 3.05) is 5.32 Å². The average molecular weight is 356 g/mol. The summed E-state index contributed by atoms with van der Waals surface area (Å²) in [4.78, 5) is 35.9. The Bertz CT molecular complexity index is 819. The van der Waals surface area contributed by atoms with E-state index in [4.69, 9.17) is 4.74 Å². The maximum absolute atomic E-state index is 12.3. The normalized spacial score (nSPS) is 11.9. The molecule has 2 rings (SSSR count). The number of Topliss-reactive ketones (excluding diaryl/α,β-unsaturated/α-hetero) is 1. The molecule has 138 valence electrons. The first-order valence-corrected chi connectivity index (χ1v) is 8.48. The molecule has 1 aromatic heterocycles. The minimum Gasteiger partial charge on any atom is -0.448 e. The molecule has 0 bridgehead atoms. The van der Waals surface area contributed by atoms with Crippen molar-refractivity contribution in [3.8, 4) is 0 Å². The number of ketones is 1. The molecule has 0 saturated carbocycles. The molecule has 0 fully saturated rings. The van der Waals surface area contributed by atoms with Gasteiger partial charge in [-0.1, -0.05) is 26.0 Å². The number of amides is 1. The van der Waals surface area contributed by atoms with Crippen LogP contribution >= 0.6 is 0 Å². The van der Waals surface area contributed by atoms with Crippen molar-refractivity contribution in [1.29, 1.82) is 0 Å². The molecule has 6 nitrogen and oxygen atoms in total. The lowest BCUT2D eigenvalue weighted by molar-refractivity contribution is -0.123. The largest absolute Gasteiger partial charge is 0.448 e. The summed E-state index contributed by atoms with van der Waals surface area (Å²) in [7, 11) is 1.64. The summed E-state index contributed by atoms with van der Waals surface area (Å²) in [6.07, 6.45) is 0.586. The Labute approximate surface area is 153 Å². The van der Waals surface area contributed by atoms with Crippen molar-refractivity contribution in [3.63, 3.8) is 0 Å². The molecule has 1 amide bonds. The van der Waals surface area contributed by atoms with Gasteiger partial charge in [-0.25, -0.2) is 4.79 Å². The lowest BCUT2D eigenvalue weighted by atomic mass is 10.0. The molecular formula is C20H24N2O4. The molecule has 0 radical (unpaired) electrons. The Kier molecular flexibility index (Phi) is 5.97. The molecule has 0 spiro atoms. The van der Waals surface area contributed by atoms with E-state index in [9.17, 15) is 14.4 Å². The molecule has 1 atom stereocenters. The number of carbonyl (C=O) groups excluding carboxylic acids is 3. The van der Waals surface area contributed by atoms with Crippen LogP contribution in [0.15, 0.2) is 36.5 Å². The number of nitrogens with one attached hydrogen (secondary N) is 1. The van der Waals surface area contributed by atoms with E-state index in [0.29, 0.717) is 17.2 Å². The van der Waals surface area contributed by atoms with E-state index >= 15 is 0 Å². The van der Waals surface area contributed by atoms with E-state index in [1.807, 2.05) is 24.3 Å². The number of nitrogens with zero attached hydrogens (tertiary/aromatic N) is 1. The fourth-order valence-electron chi connectivity index (χ4n) is 2.43. The third kappa shape index (κ3) is 4.59. The maximum atomic E-state index is 12.3. The highest BCUT2D eigenvalue weighted by atomic mass is 16.5. The molecule has 6 heteroatoms. The molecule has 1 aromatic carbocycles. The lowest BCUT2D eigenvalue weighted by Gasteiger charge is -2.14. The van der Waals surface area contributed by atoms with Gasteiger partial charge in [0, 0.05) is 24.5 Å². The zero-order valence-electron chi connectivity index (χ0n) is 15.7. The molecule has 2 aromatic rings. The average Bonchev–Trinajstić information content (AvgIpc) is 2.97. The first kappa shape index (κ1) is 19.4. The lowest BCUT2D eigenvalue weighted by Crippen LogP contribution is -2.30. The third-order valence-electron chi connectivity index (χ3n) is 4.12. The van der Waals surface area contributed by atoms with Gasteiger partial charge in [-0.2, -0.15) is 0 Å². The molecule has 1 N–H and O–H groups in total. The van der Waals surface area contributed by atoms with Crippen molar-refractivity contribution < 1.29 is 19.1 Å². The van der Waals surface area contributed by atoms with Crippen molar-refractivity contribution >= 4 is 23.3 Å². The third-order valence-corrected chi connectivity index (χ3v) is 4.12. The van der Waals surface area contributed by atoms with Crippen LogP contribution in [-0.4, -0.2) is 28.3 Å². The summed E-state index contributed by atoms with van der Waals surface area (Å²) in [6, 6.07) is 8.99. The van der Waals surface area contributed by atoms with Gasteiger partial charge in [0.1, 0.15) is 5.69 Å². The number of anilines is 1. The van der Waals surface area contributed by atoms with Crippen LogP contribution in [0.5, 0.6) is 0 Å². The zero-order chi connectivity index (χ0) is 19.4. The van der Waals surface area contributed by atoms with E-state index in [-0.39, 0.29) is 11.5 Å². The van der Waals surface area contributed by atoms with Crippen LogP contribution in [0.3, 0.4) is 0 Å². The van der Waals surface area contributed by atoms with Crippen molar-refractivity contribution in [3.05, 3.63) is 53.3 Å². The zero-order valence-corrected chi connectivity index (χ0v) is 15.7. The quantitative estimate of drug-likeness (QED) is 0.634. The van der Waals surface area contributed by atoms with Crippen LogP contribution in [0.4, 0.5) is 5.69 Å². The van der Waals surface area contributed by atoms with Gasteiger partial charge in [0.2, 0.25) is 0 Å². The second-order valence-electron chi connectivity index (χ2n) is 6.59. The summed E-state index contributed by atoms with van der Waals surface area (Å²) in [6.45, 7) is 7.11. The molecular weight excluding hydrogens is 332 g/mol. The predicted octanol–water partition coefficient (Wildman–Crippen LogP) is 3.54. The topological polar surface area (TPSA) is 77.4 Å². The number of hydrogen-bond acceptors (Lipinski definition) is 4. The van der Waals surface area contributed by atoms with Crippen molar-refractivity contribution in [2.45, 2.75) is 39.7 Å². The molecule has 1 heterocycles. The highest BCUT2D eigenvalue weighted by Gasteiger charge is 2.22. The number of aryl methyl sites for hydroxylation is 1. The second kappa shape index (κ2) is 7.99. The Hall–Kier alpha value is -2.89. The van der Waals surface area contributed by atoms with E-state index in [1.165, 1.54) is 30.0 Å². The molecule has 0 unspecified atom stereocenters. The predicted molar refractivity (Wildman–Crippen MR) is 99.5 cm³/mol. The molecule has 0 aliphatic heterocycles. The minimum absolute atomic E-state index is 0.143. The number of rotatable bonds is 6. The Morgan fingerprint density at radius 2 is 1.69 bits per heavy atom. The van der Waals surface area contributed by atoms with Crippen LogP contribution in [0.2, 0.25) is 0 Å². The summed E-state index contributed by atoms with van der Waals surface area (Å²) in [5, 5.41) is 2.73. The number of hydrogen-bond donors (Lipinski definition) is 1. The van der Waals surface area contributed by atoms with Crippen LogP contribution in [0.1, 0.15) is 60.0 Å². The van der Waals surface area contributed by atoms with Gasteiger partial charge >= 0.3 is 5.97 Å². The van der Waals surface area contributed by atoms with Crippen LogP contribution in [0, 0.1) is 0 Å². The Morgan fingerprint density at radius 1 is 1.08 bits per heavy atom. The first-order chi connectivity index (χ1) is 12.2. The number of benzene rings is 1. The highest BCUT2D eigenvalue weighted by molar-refractivity contribution is 5.99. The van der Waals surface area contributed by atoms with Gasteiger partial charge in [0.15, 0.2) is 11.9 Å². The van der Waals surface area contributed by atoms with E-state index < -0.39 is 18.0 Å². The van der Waals surface area contributed by atoms with Crippen LogP contribution in [-0.2, 0) is 16.6 Å². The SMILES string of the molecule is CC(=O)c1cc(C(=O)O[C@H](C)C(=O)Nc2ccc(C(C)C)cc2)n(C)c1. The Morgan fingerprint density at radius 3 is 2.19 bits per heavy atom. The molecule has 0 saturated heterocycles. The van der Waals surface area contributed by atoms with Crippen molar-refractivity contribution in [1.82, 2.24) is 4.57 Å². The van der Waals surface area contributed by atoms with Crippen molar-refractivity contribution in [2.24, 2.45) is 7.05 Å². The molecule has 0 aliphatic rings. The highest BCUT2D eigenvalue weighted by Crippen LogP contribution is 2.17. The van der Waals surface area contributed by atoms with E-state index in [1.54, 1.807) is 13.2 Å². The molecule has 26 heavy (non-hydrogen) atoms. The molecule has 0 aliphatic carbocycles. The number of carbonyl (C=O) groups is 3. The van der Waals surface area contributed by atoms with Crippen LogP contribution in [0.25, 0.3) is 0 Å². The minimum atomic E-state index is -0.969. The summed E-state index contributed by atoms with van der Waals surface area (Å²) in [5.41, 5.74) is 2.45. The van der Waals surface area contributed by atoms with Gasteiger partial charge < -0.3 is 14.6 Å². The smallest absolute Gasteiger partial charge is 0.355 e. The van der Waals surface area contributed by atoms with Gasteiger partial charge in [-0.3, -0.25) is 9.59 Å². The van der Waals surface area contributed by atoms with Gasteiger partial charge in [-0.05, 0) is 43.5 Å². The number of ether oxygens (including phenoxy) is 1. The first-order valence-electron chi connectivity index (χ1n) is 8.48. The van der Waals surface area contributed by atoms with E-state index in [0.717, 1.165) is 0 Å². The maximum Gasteiger partial charge on any atom is 0.355 e. The summed E-state index contributed by atoms with van der Waals surface area (Å²) in [5.74, 6) is -0.811. The Balaban J connectivity index is 2.00. The van der Waals surface area contributed by atoms with Gasteiger partial charge in [-0.15, -0.1) is 0 Å². The second-order valence-corrected chi connectivity index (χ2v) is 6.59. The monoisotopic (exact) mass is 356 g/mol. The summed E-state index contributed by atoms with van der Waals surface area (Å²) < 4.78 is 6.73. The van der Waals surface area contributed by atoms with E-state index in [2.05, 4.69) is 19.2 Å². The number of esters is 1. The number of aromatic nitrogens is 1. The fourth-order valence-corrected chi connectivity index (χ4v) is 2.43. The van der Waals surface area contributed by atoms with Gasteiger partial charge in [0.25, 0.3) is 5.91 Å². The van der Waals surface area contributed by atoms with Gasteiger partial charge in [0.05, 0.1) is 0 Å². The standard InChI is InChI=1S/C20H24N2O4/c1-12(2)15-6-8-17(9-7-15)21-19(24)14(4)26-20(25)18-10-16(13(3)23)11-22(18)5/h6-12,14H,1-5H3,(H,21,24)/t14-/m1/s1. The van der Waals surface area contributed by atoms with Crippen LogP contribution < -0.4 is 5.32 Å². The summed E-state index contributed by atoms with van der Waals surface area (Å²) >= 11 is 0.